The zero-order valence-corrected chi connectivity index (χ0v) is 5.75. The molecule has 2 N–H and O–H groups in total. The molecule has 0 amide bonds. The van der Waals surface area contributed by atoms with E-state index in [4.69, 9.17) is 5.11 Å². The van der Waals surface area contributed by atoms with Crippen LogP contribution < -0.4 is 0 Å². The maximum atomic E-state index is 9.19. The zero-order valence-electron chi connectivity index (χ0n) is 5.75. The monoisotopic (exact) mass is 130 g/mol. The Labute approximate surface area is 55.5 Å². The van der Waals surface area contributed by atoms with Crippen molar-refractivity contribution in [2.24, 2.45) is 5.92 Å². The molecule has 1 unspecified atom stereocenters. The molecule has 1 rings (SSSR count). The van der Waals surface area contributed by atoms with Gasteiger partial charge in [0.15, 0.2) is 0 Å². The van der Waals surface area contributed by atoms with E-state index in [-0.39, 0.29) is 12.2 Å². The van der Waals surface area contributed by atoms with E-state index in [0.29, 0.717) is 12.3 Å². The van der Waals surface area contributed by atoms with Crippen molar-refractivity contribution in [3.8, 4) is 0 Å². The van der Waals surface area contributed by atoms with Crippen molar-refractivity contribution in [1.82, 2.24) is 0 Å². The normalized spacial score (nSPS) is 45.0. The highest BCUT2D eigenvalue weighted by molar-refractivity contribution is 4.75. The third-order valence-corrected chi connectivity index (χ3v) is 2.13. The maximum Gasteiger partial charge on any atom is 0.0590 e. The Morgan fingerprint density at radius 2 is 1.89 bits per heavy atom. The number of aliphatic hydroxyl groups excluding tert-OH is 2. The fraction of sp³-hybridized carbons (Fsp3) is 1.00. The van der Waals surface area contributed by atoms with Crippen molar-refractivity contribution in [1.29, 1.82) is 0 Å². The summed E-state index contributed by atoms with van der Waals surface area (Å²) in [5.41, 5.74) is 0. The Morgan fingerprint density at radius 3 is 2.33 bits per heavy atom. The molecule has 3 atom stereocenters. The first-order chi connectivity index (χ1) is 4.20. The van der Waals surface area contributed by atoms with Crippen LogP contribution in [-0.4, -0.2) is 22.4 Å². The van der Waals surface area contributed by atoms with Crippen molar-refractivity contribution < 1.29 is 10.2 Å². The van der Waals surface area contributed by atoms with Gasteiger partial charge in [0.1, 0.15) is 0 Å². The minimum absolute atomic E-state index is 0.254. The van der Waals surface area contributed by atoms with Gasteiger partial charge in [0.05, 0.1) is 12.2 Å². The molecule has 0 radical (unpaired) electrons. The van der Waals surface area contributed by atoms with Crippen molar-refractivity contribution in [2.75, 3.05) is 0 Å². The summed E-state index contributed by atoms with van der Waals surface area (Å²) < 4.78 is 0. The summed E-state index contributed by atoms with van der Waals surface area (Å²) in [4.78, 5) is 0. The standard InChI is InChI=1S/C7H14O2/c1-5-2-3-6(8)4-7(5)9/h5-9H,2-4H2,1H3/t5?,6-,7-/m0/s1. The molecule has 1 aliphatic carbocycles. The largest absolute Gasteiger partial charge is 0.393 e. The summed E-state index contributed by atoms with van der Waals surface area (Å²) in [5, 5.41) is 18.2. The third-order valence-electron chi connectivity index (χ3n) is 2.13. The lowest BCUT2D eigenvalue weighted by molar-refractivity contribution is 0.00730. The molecule has 0 bridgehead atoms. The van der Waals surface area contributed by atoms with Crippen LogP contribution in [0, 0.1) is 5.92 Å². The van der Waals surface area contributed by atoms with Crippen LogP contribution in [0.15, 0.2) is 0 Å². The van der Waals surface area contributed by atoms with Crippen LogP contribution in [0.25, 0.3) is 0 Å². The molecule has 0 aliphatic heterocycles. The quantitative estimate of drug-likeness (QED) is 0.502. The highest BCUT2D eigenvalue weighted by Crippen LogP contribution is 2.23. The fourth-order valence-corrected chi connectivity index (χ4v) is 1.28. The van der Waals surface area contributed by atoms with Gasteiger partial charge in [0, 0.05) is 0 Å². The fourth-order valence-electron chi connectivity index (χ4n) is 1.28. The smallest absolute Gasteiger partial charge is 0.0590 e. The minimum Gasteiger partial charge on any atom is -0.393 e. The first kappa shape index (κ1) is 7.03. The van der Waals surface area contributed by atoms with Gasteiger partial charge in [-0.05, 0) is 25.2 Å². The number of hydrogen-bond acceptors (Lipinski definition) is 2. The summed E-state index contributed by atoms with van der Waals surface area (Å²) in [6, 6.07) is 0. The molecule has 0 aromatic carbocycles. The van der Waals surface area contributed by atoms with Gasteiger partial charge in [-0.15, -0.1) is 0 Å². The first-order valence-electron chi connectivity index (χ1n) is 3.56. The van der Waals surface area contributed by atoms with E-state index in [1.807, 2.05) is 6.92 Å². The predicted molar refractivity (Wildman–Crippen MR) is 35.0 cm³/mol. The van der Waals surface area contributed by atoms with E-state index in [2.05, 4.69) is 0 Å². The van der Waals surface area contributed by atoms with Crippen LogP contribution in [0.2, 0.25) is 0 Å². The van der Waals surface area contributed by atoms with E-state index in [0.717, 1.165) is 12.8 Å². The summed E-state index contributed by atoms with van der Waals surface area (Å²) in [6.07, 6.45) is 1.87. The van der Waals surface area contributed by atoms with Gasteiger partial charge in [0.2, 0.25) is 0 Å². The van der Waals surface area contributed by atoms with E-state index in [1.54, 1.807) is 0 Å². The van der Waals surface area contributed by atoms with E-state index >= 15 is 0 Å². The van der Waals surface area contributed by atoms with Crippen LogP contribution >= 0.6 is 0 Å². The molecule has 0 aromatic heterocycles. The van der Waals surface area contributed by atoms with Gasteiger partial charge in [-0.25, -0.2) is 0 Å². The average molecular weight is 130 g/mol. The van der Waals surface area contributed by atoms with Crippen LogP contribution in [0.1, 0.15) is 26.2 Å². The second-order valence-corrected chi connectivity index (χ2v) is 3.01. The predicted octanol–water partition coefficient (Wildman–Crippen LogP) is 0.528. The molecule has 0 aromatic rings. The summed E-state index contributed by atoms with van der Waals surface area (Å²) >= 11 is 0. The van der Waals surface area contributed by atoms with Crippen molar-refractivity contribution in [3.63, 3.8) is 0 Å². The van der Waals surface area contributed by atoms with Gasteiger partial charge in [-0.1, -0.05) is 6.92 Å². The highest BCUT2D eigenvalue weighted by Gasteiger charge is 2.23. The van der Waals surface area contributed by atoms with Crippen LogP contribution in [-0.2, 0) is 0 Å². The highest BCUT2D eigenvalue weighted by atomic mass is 16.3. The molecule has 1 fully saturated rings. The number of rotatable bonds is 0. The summed E-state index contributed by atoms with van der Waals surface area (Å²) in [5.74, 6) is 0.383. The first-order valence-corrected chi connectivity index (χ1v) is 3.56. The third kappa shape index (κ3) is 1.66. The molecule has 0 heterocycles. The zero-order chi connectivity index (χ0) is 6.85. The lowest BCUT2D eigenvalue weighted by atomic mass is 9.86. The Hall–Kier alpha value is -0.0800. The van der Waals surface area contributed by atoms with Gasteiger partial charge in [0.25, 0.3) is 0 Å². The molecule has 1 aliphatic rings. The summed E-state index contributed by atoms with van der Waals surface area (Å²) in [7, 11) is 0. The number of aliphatic hydroxyl groups is 2. The average Bonchev–Trinajstić information content (AvgIpc) is 1.80. The van der Waals surface area contributed by atoms with Crippen molar-refractivity contribution >= 4 is 0 Å². The molecular weight excluding hydrogens is 116 g/mol. The van der Waals surface area contributed by atoms with Crippen LogP contribution in [0.4, 0.5) is 0 Å². The Bertz CT molecular complexity index is 92.9. The van der Waals surface area contributed by atoms with Gasteiger partial charge < -0.3 is 10.2 Å². The Balaban J connectivity index is 2.35. The molecule has 9 heavy (non-hydrogen) atoms. The second-order valence-electron chi connectivity index (χ2n) is 3.01. The van der Waals surface area contributed by atoms with E-state index in [9.17, 15) is 5.11 Å². The SMILES string of the molecule is CC1CC[C@H](O)C[C@@H]1O. The van der Waals surface area contributed by atoms with E-state index < -0.39 is 0 Å². The molecule has 0 spiro atoms. The van der Waals surface area contributed by atoms with Gasteiger partial charge >= 0.3 is 0 Å². The lowest BCUT2D eigenvalue weighted by Crippen LogP contribution is -2.29. The van der Waals surface area contributed by atoms with Crippen LogP contribution in [0.5, 0.6) is 0 Å². The van der Waals surface area contributed by atoms with Gasteiger partial charge in [-0.3, -0.25) is 0 Å². The van der Waals surface area contributed by atoms with Crippen molar-refractivity contribution in [2.45, 2.75) is 38.4 Å². The minimum atomic E-state index is -0.270. The second kappa shape index (κ2) is 2.67. The molecule has 2 heteroatoms. The summed E-state index contributed by atoms with van der Waals surface area (Å²) in [6.45, 7) is 2.02. The number of hydrogen-bond donors (Lipinski definition) is 2. The van der Waals surface area contributed by atoms with Crippen LogP contribution in [0.3, 0.4) is 0 Å². The molecular formula is C7H14O2. The molecule has 0 saturated heterocycles. The molecule has 1 saturated carbocycles. The Kier molecular flexibility index (Phi) is 2.09. The lowest BCUT2D eigenvalue weighted by Gasteiger charge is -2.27. The van der Waals surface area contributed by atoms with Crippen molar-refractivity contribution in [3.05, 3.63) is 0 Å². The van der Waals surface area contributed by atoms with E-state index in [1.165, 1.54) is 0 Å². The molecule has 54 valence electrons. The maximum absolute atomic E-state index is 9.19. The van der Waals surface area contributed by atoms with Gasteiger partial charge in [-0.2, -0.15) is 0 Å². The Morgan fingerprint density at radius 1 is 1.22 bits per heavy atom. The molecule has 2 nitrogen and oxygen atoms in total. The topological polar surface area (TPSA) is 40.5 Å².